The van der Waals surface area contributed by atoms with E-state index in [-0.39, 0.29) is 17.2 Å². The molecule has 0 unspecified atom stereocenters. The van der Waals surface area contributed by atoms with E-state index in [9.17, 15) is 14.7 Å². The summed E-state index contributed by atoms with van der Waals surface area (Å²) in [5.74, 6) is 5.87. The Labute approximate surface area is 186 Å². The van der Waals surface area contributed by atoms with Gasteiger partial charge in [0, 0.05) is 36.2 Å². The number of aldehydes is 1. The van der Waals surface area contributed by atoms with E-state index in [0.29, 0.717) is 16.5 Å². The molecule has 156 valence electrons. The van der Waals surface area contributed by atoms with Gasteiger partial charge in [0.05, 0.1) is 5.56 Å². The molecule has 0 spiro atoms. The van der Waals surface area contributed by atoms with E-state index in [1.807, 2.05) is 60.7 Å². The molecule has 0 radical (unpaired) electrons. The monoisotopic (exact) mass is 419 g/mol. The Morgan fingerprint density at radius 1 is 0.875 bits per heavy atom. The fraction of sp³-hybridized carbons (Fsp3) is 0.0714. The maximum absolute atomic E-state index is 12.6. The van der Waals surface area contributed by atoms with Gasteiger partial charge in [0.25, 0.3) is 5.91 Å². The van der Waals surface area contributed by atoms with E-state index >= 15 is 0 Å². The summed E-state index contributed by atoms with van der Waals surface area (Å²) in [5, 5.41) is 12.2. The Kier molecular flexibility index (Phi) is 5.74. The van der Waals surface area contributed by atoms with Crippen LogP contribution in [0.1, 0.15) is 31.8 Å². The van der Waals surface area contributed by atoms with E-state index in [0.717, 1.165) is 28.4 Å². The summed E-state index contributed by atoms with van der Waals surface area (Å²) in [6.07, 6.45) is 0.801. The van der Waals surface area contributed by atoms with Gasteiger partial charge in [-0.3, -0.25) is 9.59 Å². The number of aromatic hydroxyl groups is 1. The largest absolute Gasteiger partial charge is 0.506 e. The van der Waals surface area contributed by atoms with E-state index in [1.165, 1.54) is 4.90 Å². The van der Waals surface area contributed by atoms with Gasteiger partial charge in [-0.25, -0.2) is 0 Å². The first kappa shape index (κ1) is 20.9. The van der Waals surface area contributed by atoms with Gasteiger partial charge >= 0.3 is 0 Å². The molecule has 0 aliphatic carbocycles. The fourth-order valence-electron chi connectivity index (χ4n) is 3.59. The maximum Gasteiger partial charge on any atom is 0.257 e. The number of phenolic OH excluding ortho intramolecular Hbond substituents is 1. The highest BCUT2D eigenvalue weighted by atomic mass is 16.3. The molecule has 0 aromatic heterocycles. The molecule has 1 amide bonds. The lowest BCUT2D eigenvalue weighted by atomic mass is 9.93. The highest BCUT2D eigenvalue weighted by molar-refractivity contribution is 6.09. The van der Waals surface area contributed by atoms with Gasteiger partial charge in [-0.2, -0.15) is 0 Å². The normalized spacial score (nSPS) is 10.3. The molecular formula is C28H21NO3. The molecule has 4 nitrogen and oxygen atoms in total. The van der Waals surface area contributed by atoms with Crippen LogP contribution >= 0.6 is 0 Å². The zero-order valence-electron chi connectivity index (χ0n) is 17.8. The van der Waals surface area contributed by atoms with Crippen molar-refractivity contribution in [2.45, 2.75) is 0 Å². The van der Waals surface area contributed by atoms with Crippen LogP contribution in [0.25, 0.3) is 21.9 Å². The Hall–Kier alpha value is -4.36. The van der Waals surface area contributed by atoms with Crippen molar-refractivity contribution in [1.29, 1.82) is 0 Å². The molecule has 0 atom stereocenters. The van der Waals surface area contributed by atoms with Gasteiger partial charge in [-0.15, -0.1) is 0 Å². The highest BCUT2D eigenvalue weighted by Crippen LogP contribution is 2.37. The third-order valence-electron chi connectivity index (χ3n) is 5.28. The smallest absolute Gasteiger partial charge is 0.257 e. The summed E-state index contributed by atoms with van der Waals surface area (Å²) >= 11 is 0. The molecule has 32 heavy (non-hydrogen) atoms. The van der Waals surface area contributed by atoms with Crippen LogP contribution in [0.4, 0.5) is 0 Å². The van der Waals surface area contributed by atoms with Crippen LogP contribution in [0.15, 0.2) is 78.9 Å². The predicted octanol–water partition coefficient (Wildman–Crippen LogP) is 5.13. The van der Waals surface area contributed by atoms with Crippen LogP contribution in [0.2, 0.25) is 0 Å². The highest BCUT2D eigenvalue weighted by Gasteiger charge is 2.19. The molecule has 4 rings (SSSR count). The molecule has 0 saturated heterocycles. The number of rotatable bonds is 3. The predicted molar refractivity (Wildman–Crippen MR) is 127 cm³/mol. The molecule has 0 fully saturated rings. The van der Waals surface area contributed by atoms with Crippen LogP contribution in [-0.2, 0) is 0 Å². The van der Waals surface area contributed by atoms with Gasteiger partial charge in [-0.05, 0) is 40.8 Å². The van der Waals surface area contributed by atoms with Crippen molar-refractivity contribution >= 4 is 23.0 Å². The average Bonchev–Trinajstić information content (AvgIpc) is 2.83. The third-order valence-corrected chi connectivity index (χ3v) is 5.28. The van der Waals surface area contributed by atoms with E-state index in [2.05, 4.69) is 11.8 Å². The lowest BCUT2D eigenvalue weighted by molar-refractivity contribution is 0.0825. The molecular weight excluding hydrogens is 398 g/mol. The molecule has 0 bridgehead atoms. The third kappa shape index (κ3) is 3.97. The van der Waals surface area contributed by atoms with Crippen LogP contribution in [0.5, 0.6) is 5.75 Å². The number of hydrogen-bond donors (Lipinski definition) is 1. The molecule has 0 aliphatic heterocycles. The molecule has 0 saturated carbocycles. The topological polar surface area (TPSA) is 57.6 Å². The van der Waals surface area contributed by atoms with E-state index in [1.54, 1.807) is 32.3 Å². The van der Waals surface area contributed by atoms with Crippen molar-refractivity contribution in [1.82, 2.24) is 4.90 Å². The first-order chi connectivity index (χ1) is 15.5. The lowest BCUT2D eigenvalue weighted by Crippen LogP contribution is -2.21. The Morgan fingerprint density at radius 2 is 1.53 bits per heavy atom. The number of fused-ring (bicyclic) bond motifs is 1. The minimum absolute atomic E-state index is 0.0145. The first-order valence-corrected chi connectivity index (χ1v) is 10.1. The minimum atomic E-state index is -0.258. The summed E-state index contributed by atoms with van der Waals surface area (Å²) in [4.78, 5) is 25.3. The number of carbonyl (C=O) groups excluding carboxylic acids is 2. The molecule has 0 aliphatic rings. The second kappa shape index (κ2) is 8.79. The SMILES string of the molecule is CN(C)C(=O)c1cc(-c2ccc(C#Cc3ccccc3C=O)cc2)c2ccccc2c1O. The summed E-state index contributed by atoms with van der Waals surface area (Å²) < 4.78 is 0. The molecule has 4 aromatic carbocycles. The van der Waals surface area contributed by atoms with E-state index < -0.39 is 0 Å². The lowest BCUT2D eigenvalue weighted by Gasteiger charge is -2.16. The van der Waals surface area contributed by atoms with E-state index in [4.69, 9.17) is 0 Å². The standard InChI is InChI=1S/C28H21NO3/c1-29(2)28(32)26-17-25(23-9-5-6-10-24(23)27(26)31)21-15-12-19(13-16-21)11-14-20-7-3-4-8-22(20)18-30/h3-10,12-13,15-18,31H,1-2H3. The zero-order valence-corrected chi connectivity index (χ0v) is 17.8. The maximum atomic E-state index is 12.6. The Balaban J connectivity index is 1.77. The molecule has 0 heterocycles. The van der Waals surface area contributed by atoms with Crippen LogP contribution in [0, 0.1) is 11.8 Å². The van der Waals surface area contributed by atoms with Crippen molar-refractivity contribution in [3.05, 3.63) is 101 Å². The summed E-state index contributed by atoms with van der Waals surface area (Å²) in [5.41, 5.74) is 4.08. The van der Waals surface area contributed by atoms with Crippen molar-refractivity contribution in [3.63, 3.8) is 0 Å². The van der Waals surface area contributed by atoms with Crippen molar-refractivity contribution in [2.24, 2.45) is 0 Å². The Morgan fingerprint density at radius 3 is 2.22 bits per heavy atom. The minimum Gasteiger partial charge on any atom is -0.506 e. The van der Waals surface area contributed by atoms with Gasteiger partial charge in [0.1, 0.15) is 5.75 Å². The summed E-state index contributed by atoms with van der Waals surface area (Å²) in [6, 6.07) is 24.1. The van der Waals surface area contributed by atoms with Gasteiger partial charge in [-0.1, -0.05) is 66.4 Å². The molecule has 4 aromatic rings. The Bertz CT molecular complexity index is 1390. The van der Waals surface area contributed by atoms with Crippen molar-refractivity contribution in [2.75, 3.05) is 14.1 Å². The van der Waals surface area contributed by atoms with Crippen molar-refractivity contribution in [3.8, 4) is 28.7 Å². The van der Waals surface area contributed by atoms with Crippen molar-refractivity contribution < 1.29 is 14.7 Å². The number of benzene rings is 4. The van der Waals surface area contributed by atoms with Crippen LogP contribution < -0.4 is 0 Å². The number of nitrogens with zero attached hydrogens (tertiary/aromatic N) is 1. The zero-order chi connectivity index (χ0) is 22.7. The molecule has 4 heteroatoms. The van der Waals surface area contributed by atoms with Crippen LogP contribution in [0.3, 0.4) is 0 Å². The number of hydrogen-bond acceptors (Lipinski definition) is 3. The second-order valence-corrected chi connectivity index (χ2v) is 7.60. The number of phenols is 1. The van der Waals surface area contributed by atoms with Gasteiger partial charge in [0.15, 0.2) is 6.29 Å². The van der Waals surface area contributed by atoms with Gasteiger partial charge in [0.2, 0.25) is 0 Å². The fourth-order valence-corrected chi connectivity index (χ4v) is 3.59. The summed E-state index contributed by atoms with van der Waals surface area (Å²) in [6.45, 7) is 0. The molecule has 1 N–H and O–H groups in total. The number of amides is 1. The second-order valence-electron chi connectivity index (χ2n) is 7.60. The average molecular weight is 419 g/mol. The van der Waals surface area contributed by atoms with Gasteiger partial charge < -0.3 is 10.0 Å². The summed E-state index contributed by atoms with van der Waals surface area (Å²) in [7, 11) is 3.32. The van der Waals surface area contributed by atoms with Crippen LogP contribution in [-0.4, -0.2) is 36.3 Å². The number of carbonyl (C=O) groups is 2. The first-order valence-electron chi connectivity index (χ1n) is 10.1. The quantitative estimate of drug-likeness (QED) is 0.370.